The van der Waals surface area contributed by atoms with Crippen molar-refractivity contribution in [2.75, 3.05) is 6.54 Å². The Morgan fingerprint density at radius 1 is 1.50 bits per heavy atom. The highest BCUT2D eigenvalue weighted by atomic mass is 32.2. The van der Waals surface area contributed by atoms with Gasteiger partial charge in [-0.3, -0.25) is 15.2 Å². The minimum atomic E-state index is -0.143. The molecular formula is C11H13N5OS. The Morgan fingerprint density at radius 2 is 2.44 bits per heavy atom. The van der Waals surface area contributed by atoms with Crippen LogP contribution in [0.1, 0.15) is 5.56 Å². The standard InChI is InChI=1S/C11H13N5OS/c17-10-8-5-13-16-9(8)14-11(15-10)18-6-7-2-1-3-12-4-7/h1-4,8-9,13,16H,5-6H2,(H,14,15,17). The van der Waals surface area contributed by atoms with Crippen molar-refractivity contribution in [3.63, 3.8) is 0 Å². The van der Waals surface area contributed by atoms with Crippen molar-refractivity contribution in [2.45, 2.75) is 11.9 Å². The average Bonchev–Trinajstić information content (AvgIpc) is 2.86. The molecule has 0 aliphatic carbocycles. The summed E-state index contributed by atoms with van der Waals surface area (Å²) in [7, 11) is 0. The second-order valence-electron chi connectivity index (χ2n) is 4.15. The second kappa shape index (κ2) is 5.05. The monoisotopic (exact) mass is 263 g/mol. The van der Waals surface area contributed by atoms with E-state index in [1.165, 1.54) is 11.8 Å². The largest absolute Gasteiger partial charge is 0.305 e. The van der Waals surface area contributed by atoms with Crippen LogP contribution in [0.5, 0.6) is 0 Å². The van der Waals surface area contributed by atoms with Crippen LogP contribution in [-0.4, -0.2) is 28.8 Å². The van der Waals surface area contributed by atoms with Gasteiger partial charge in [-0.25, -0.2) is 10.4 Å². The number of aromatic nitrogens is 1. The summed E-state index contributed by atoms with van der Waals surface area (Å²) < 4.78 is 0. The Hall–Kier alpha value is -1.44. The molecule has 1 saturated heterocycles. The van der Waals surface area contributed by atoms with Crippen LogP contribution in [0.15, 0.2) is 29.5 Å². The first-order valence-electron chi connectivity index (χ1n) is 5.72. The van der Waals surface area contributed by atoms with E-state index in [0.29, 0.717) is 11.7 Å². The molecule has 3 rings (SSSR count). The third-order valence-corrected chi connectivity index (χ3v) is 3.83. The van der Waals surface area contributed by atoms with Gasteiger partial charge >= 0.3 is 0 Å². The summed E-state index contributed by atoms with van der Waals surface area (Å²) in [6.07, 6.45) is 3.42. The number of hydrogen-bond donors (Lipinski definition) is 3. The van der Waals surface area contributed by atoms with Crippen LogP contribution in [0.3, 0.4) is 0 Å². The first-order valence-corrected chi connectivity index (χ1v) is 6.70. The number of aliphatic imine (C=N–C) groups is 1. The van der Waals surface area contributed by atoms with Gasteiger partial charge in [0.05, 0.1) is 5.92 Å². The van der Waals surface area contributed by atoms with E-state index >= 15 is 0 Å². The second-order valence-corrected chi connectivity index (χ2v) is 5.11. The van der Waals surface area contributed by atoms with Crippen molar-refractivity contribution in [3.8, 4) is 0 Å². The molecule has 1 fully saturated rings. The molecule has 18 heavy (non-hydrogen) atoms. The van der Waals surface area contributed by atoms with E-state index in [-0.39, 0.29) is 18.0 Å². The summed E-state index contributed by atoms with van der Waals surface area (Å²) in [5, 5.41) is 3.50. The number of hydrogen-bond acceptors (Lipinski definition) is 6. The minimum Gasteiger partial charge on any atom is -0.305 e. The number of pyridine rings is 1. The predicted molar refractivity (Wildman–Crippen MR) is 69.5 cm³/mol. The number of amidine groups is 1. The van der Waals surface area contributed by atoms with Gasteiger partial charge in [-0.15, -0.1) is 0 Å². The van der Waals surface area contributed by atoms with E-state index in [9.17, 15) is 4.79 Å². The lowest BCUT2D eigenvalue weighted by atomic mass is 10.1. The summed E-state index contributed by atoms with van der Waals surface area (Å²) in [4.78, 5) is 20.3. The molecular weight excluding hydrogens is 250 g/mol. The molecule has 2 unspecified atom stereocenters. The van der Waals surface area contributed by atoms with Crippen LogP contribution in [0.25, 0.3) is 0 Å². The first-order chi connectivity index (χ1) is 8.83. The molecule has 1 amide bonds. The third-order valence-electron chi connectivity index (χ3n) is 2.87. The molecule has 3 heterocycles. The maximum absolute atomic E-state index is 11.8. The zero-order chi connectivity index (χ0) is 12.4. The molecule has 3 N–H and O–H groups in total. The maximum atomic E-state index is 11.8. The van der Waals surface area contributed by atoms with Crippen molar-refractivity contribution in [3.05, 3.63) is 30.1 Å². The highest BCUT2D eigenvalue weighted by Crippen LogP contribution is 2.19. The Morgan fingerprint density at radius 3 is 3.28 bits per heavy atom. The molecule has 2 atom stereocenters. The summed E-state index contributed by atoms with van der Waals surface area (Å²) in [5.41, 5.74) is 7.06. The molecule has 0 radical (unpaired) electrons. The number of nitrogens with zero attached hydrogens (tertiary/aromatic N) is 2. The van der Waals surface area contributed by atoms with Crippen molar-refractivity contribution < 1.29 is 4.79 Å². The van der Waals surface area contributed by atoms with E-state index in [0.717, 1.165) is 11.3 Å². The van der Waals surface area contributed by atoms with Gasteiger partial charge in [-0.05, 0) is 11.6 Å². The Kier molecular flexibility index (Phi) is 3.26. The van der Waals surface area contributed by atoms with E-state index in [2.05, 4.69) is 26.1 Å². The van der Waals surface area contributed by atoms with E-state index in [4.69, 9.17) is 0 Å². The van der Waals surface area contributed by atoms with Gasteiger partial charge in [0.15, 0.2) is 5.17 Å². The summed E-state index contributed by atoms with van der Waals surface area (Å²) >= 11 is 1.51. The van der Waals surface area contributed by atoms with Crippen molar-refractivity contribution >= 4 is 22.8 Å². The fraction of sp³-hybridized carbons (Fsp3) is 0.364. The first kappa shape index (κ1) is 11.6. The van der Waals surface area contributed by atoms with Gasteiger partial charge in [0, 0.05) is 24.7 Å². The topological polar surface area (TPSA) is 78.4 Å². The fourth-order valence-corrected chi connectivity index (χ4v) is 2.74. The summed E-state index contributed by atoms with van der Waals surface area (Å²) in [6.45, 7) is 0.626. The highest BCUT2D eigenvalue weighted by molar-refractivity contribution is 8.13. The van der Waals surface area contributed by atoms with E-state index in [1.807, 2.05) is 18.3 Å². The van der Waals surface area contributed by atoms with E-state index in [1.54, 1.807) is 6.20 Å². The Labute approximate surface area is 109 Å². The molecule has 7 heteroatoms. The maximum Gasteiger partial charge on any atom is 0.233 e. The molecule has 94 valence electrons. The number of rotatable bonds is 2. The molecule has 2 aliphatic heterocycles. The van der Waals surface area contributed by atoms with Crippen LogP contribution in [0, 0.1) is 5.92 Å². The van der Waals surface area contributed by atoms with Gasteiger partial charge in [-0.2, -0.15) is 0 Å². The Bertz CT molecular complexity index is 478. The minimum absolute atomic E-state index is 0.0289. The summed E-state index contributed by atoms with van der Waals surface area (Å²) in [5.74, 6) is 0.673. The van der Waals surface area contributed by atoms with Crippen LogP contribution < -0.4 is 16.2 Å². The number of hydrazine groups is 1. The van der Waals surface area contributed by atoms with Crippen LogP contribution in [-0.2, 0) is 10.5 Å². The van der Waals surface area contributed by atoms with Crippen molar-refractivity contribution in [1.82, 2.24) is 21.2 Å². The molecule has 2 aliphatic rings. The van der Waals surface area contributed by atoms with Gasteiger partial charge in [0.1, 0.15) is 6.17 Å². The third kappa shape index (κ3) is 2.38. The van der Waals surface area contributed by atoms with Crippen molar-refractivity contribution in [1.29, 1.82) is 0 Å². The average molecular weight is 263 g/mol. The lowest BCUT2D eigenvalue weighted by Gasteiger charge is -2.21. The lowest BCUT2D eigenvalue weighted by molar-refractivity contribution is -0.123. The number of amides is 1. The zero-order valence-corrected chi connectivity index (χ0v) is 10.4. The van der Waals surface area contributed by atoms with Gasteiger partial charge in [0.25, 0.3) is 0 Å². The van der Waals surface area contributed by atoms with Crippen molar-refractivity contribution in [2.24, 2.45) is 10.9 Å². The van der Waals surface area contributed by atoms with Crippen LogP contribution in [0.2, 0.25) is 0 Å². The normalized spacial score (nSPS) is 26.4. The fourth-order valence-electron chi connectivity index (χ4n) is 1.91. The van der Waals surface area contributed by atoms with E-state index < -0.39 is 0 Å². The molecule has 0 bridgehead atoms. The number of nitrogens with one attached hydrogen (secondary N) is 3. The predicted octanol–water partition coefficient (Wildman–Crippen LogP) is -0.149. The Balaban J connectivity index is 1.65. The molecule has 1 aromatic heterocycles. The van der Waals surface area contributed by atoms with Gasteiger partial charge < -0.3 is 5.32 Å². The zero-order valence-electron chi connectivity index (χ0n) is 9.59. The highest BCUT2D eigenvalue weighted by Gasteiger charge is 2.36. The number of carbonyl (C=O) groups excluding carboxylic acids is 1. The molecule has 0 saturated carbocycles. The van der Waals surface area contributed by atoms with Crippen LogP contribution in [0.4, 0.5) is 0 Å². The molecule has 0 spiro atoms. The van der Waals surface area contributed by atoms with Crippen LogP contribution >= 0.6 is 11.8 Å². The summed E-state index contributed by atoms with van der Waals surface area (Å²) in [6, 6.07) is 3.90. The molecule has 6 nitrogen and oxygen atoms in total. The SMILES string of the molecule is O=C1NC(SCc2cccnc2)=NC2NNCC12. The van der Waals surface area contributed by atoms with Gasteiger partial charge in [0.2, 0.25) is 5.91 Å². The molecule has 0 aromatic carbocycles. The number of carbonyl (C=O) groups is 1. The smallest absolute Gasteiger partial charge is 0.233 e. The number of fused-ring (bicyclic) bond motifs is 1. The molecule has 1 aromatic rings. The lowest BCUT2D eigenvalue weighted by Crippen LogP contribution is -2.46. The number of thioether (sulfide) groups is 1. The quantitative estimate of drug-likeness (QED) is 0.691. The van der Waals surface area contributed by atoms with Gasteiger partial charge in [-0.1, -0.05) is 17.8 Å².